The largest absolute Gasteiger partial charge is 0.374 e. The maximum absolute atomic E-state index is 12.8. The summed E-state index contributed by atoms with van der Waals surface area (Å²) in [6.45, 7) is 5.07. The number of fused-ring (bicyclic) bond motifs is 1. The highest BCUT2D eigenvalue weighted by molar-refractivity contribution is 5.96. The van der Waals surface area contributed by atoms with E-state index in [0.717, 1.165) is 61.1 Å². The minimum Gasteiger partial charge on any atom is -0.374 e. The second-order valence-electron chi connectivity index (χ2n) is 9.43. The molecule has 1 atom stereocenters. The van der Waals surface area contributed by atoms with E-state index in [0.29, 0.717) is 0 Å². The molecule has 34 heavy (non-hydrogen) atoms. The zero-order chi connectivity index (χ0) is 23.3. The lowest BCUT2D eigenvalue weighted by molar-refractivity contribution is -0.116. The minimum absolute atomic E-state index is 0.0625. The van der Waals surface area contributed by atoms with E-state index in [1.165, 1.54) is 37.8 Å². The van der Waals surface area contributed by atoms with Gasteiger partial charge < -0.3 is 20.1 Å². The molecule has 1 aromatic heterocycles. The van der Waals surface area contributed by atoms with Crippen LogP contribution in [0.15, 0.2) is 48.5 Å². The Bertz CT molecular complexity index is 1120. The molecule has 0 radical (unpaired) electrons. The topological polar surface area (TPSA) is 75.1 Å². The Balaban J connectivity index is 1.22. The van der Waals surface area contributed by atoms with Crippen LogP contribution >= 0.6 is 0 Å². The fraction of sp³-hybridized carbons (Fsp3) is 0.444. The lowest BCUT2D eigenvalue weighted by atomic mass is 10.1. The summed E-state index contributed by atoms with van der Waals surface area (Å²) in [6.07, 6.45) is 8.38. The van der Waals surface area contributed by atoms with Crippen molar-refractivity contribution in [3.63, 3.8) is 0 Å². The monoisotopic (exact) mass is 458 g/mol. The summed E-state index contributed by atoms with van der Waals surface area (Å²) in [5.41, 5.74) is 3.96. The highest BCUT2D eigenvalue weighted by Gasteiger charge is 2.18. The first-order valence-corrected chi connectivity index (χ1v) is 12.6. The molecule has 2 aliphatic rings. The van der Waals surface area contributed by atoms with E-state index in [1.807, 2.05) is 31.2 Å². The molecule has 7 nitrogen and oxygen atoms in total. The van der Waals surface area contributed by atoms with Crippen molar-refractivity contribution in [3.05, 3.63) is 54.4 Å². The van der Waals surface area contributed by atoms with Crippen LogP contribution in [0.5, 0.6) is 0 Å². The number of benzene rings is 2. The standard InChI is InChI=1S/C27H34N6O/c1-20(27(34)29-22-12-14-24(15-13-22)32-16-5-3-6-17-32)28-23-10-8-9-21(19-23)26-31-30-25-11-4-2-7-18-33(25)26/h8-10,12-15,19-20,28H,2-7,11,16-18H2,1H3,(H,29,34)/t20-/m0/s1. The van der Waals surface area contributed by atoms with Gasteiger partial charge in [-0.3, -0.25) is 4.79 Å². The highest BCUT2D eigenvalue weighted by Crippen LogP contribution is 2.26. The summed E-state index contributed by atoms with van der Waals surface area (Å²) in [4.78, 5) is 15.3. The predicted molar refractivity (Wildman–Crippen MR) is 137 cm³/mol. The van der Waals surface area contributed by atoms with Gasteiger partial charge in [-0.15, -0.1) is 10.2 Å². The summed E-state index contributed by atoms with van der Waals surface area (Å²) in [7, 11) is 0. The second kappa shape index (κ2) is 10.3. The normalized spacial score (nSPS) is 16.9. The lowest BCUT2D eigenvalue weighted by Gasteiger charge is -2.28. The van der Waals surface area contributed by atoms with Gasteiger partial charge in [-0.25, -0.2) is 0 Å². The van der Waals surface area contributed by atoms with Crippen molar-refractivity contribution in [1.29, 1.82) is 0 Å². The molecule has 0 saturated carbocycles. The summed E-state index contributed by atoms with van der Waals surface area (Å²) in [5, 5.41) is 15.3. The molecule has 7 heteroatoms. The van der Waals surface area contributed by atoms with Crippen LogP contribution in [0.1, 0.15) is 51.3 Å². The van der Waals surface area contributed by atoms with Crippen molar-refractivity contribution in [2.45, 2.75) is 64.5 Å². The molecule has 5 rings (SSSR count). The van der Waals surface area contributed by atoms with Crippen LogP contribution in [0.4, 0.5) is 17.1 Å². The predicted octanol–water partition coefficient (Wildman–Crippen LogP) is 5.10. The third kappa shape index (κ3) is 5.08. The molecule has 2 N–H and O–H groups in total. The Hall–Kier alpha value is -3.35. The van der Waals surface area contributed by atoms with Crippen LogP contribution in [0.3, 0.4) is 0 Å². The number of anilines is 3. The van der Waals surface area contributed by atoms with Crippen LogP contribution in [-0.4, -0.2) is 39.8 Å². The molecule has 1 fully saturated rings. The zero-order valence-corrected chi connectivity index (χ0v) is 20.0. The smallest absolute Gasteiger partial charge is 0.246 e. The van der Waals surface area contributed by atoms with Crippen molar-refractivity contribution in [1.82, 2.24) is 14.8 Å². The van der Waals surface area contributed by atoms with Gasteiger partial charge in [0.2, 0.25) is 5.91 Å². The van der Waals surface area contributed by atoms with Gasteiger partial charge in [0, 0.05) is 48.7 Å². The summed E-state index contributed by atoms with van der Waals surface area (Å²) >= 11 is 0. The molecule has 3 heterocycles. The number of hydrogen-bond acceptors (Lipinski definition) is 5. The van der Waals surface area contributed by atoms with Gasteiger partial charge in [-0.1, -0.05) is 18.6 Å². The fourth-order valence-electron chi connectivity index (χ4n) is 4.92. The first-order valence-electron chi connectivity index (χ1n) is 12.6. The van der Waals surface area contributed by atoms with E-state index < -0.39 is 0 Å². The maximum Gasteiger partial charge on any atom is 0.246 e. The van der Waals surface area contributed by atoms with E-state index in [4.69, 9.17) is 0 Å². The van der Waals surface area contributed by atoms with Crippen LogP contribution in [0.25, 0.3) is 11.4 Å². The van der Waals surface area contributed by atoms with E-state index in [1.54, 1.807) is 0 Å². The lowest BCUT2D eigenvalue weighted by Crippen LogP contribution is -2.32. The zero-order valence-electron chi connectivity index (χ0n) is 20.0. The third-order valence-electron chi connectivity index (χ3n) is 6.86. The van der Waals surface area contributed by atoms with Crippen LogP contribution in [-0.2, 0) is 17.8 Å². The highest BCUT2D eigenvalue weighted by atomic mass is 16.2. The minimum atomic E-state index is -0.382. The molecule has 178 valence electrons. The van der Waals surface area contributed by atoms with Crippen LogP contribution < -0.4 is 15.5 Å². The first kappa shape index (κ1) is 22.4. The Kier molecular flexibility index (Phi) is 6.79. The van der Waals surface area contributed by atoms with Crippen molar-refractivity contribution in [3.8, 4) is 11.4 Å². The SMILES string of the molecule is C[C@H](Nc1cccc(-c2nnc3n2CCCCC3)c1)C(=O)Nc1ccc(N2CCCCC2)cc1. The Labute approximate surface area is 201 Å². The molecular formula is C27H34N6O. The average Bonchev–Trinajstić information content (AvgIpc) is 3.13. The van der Waals surface area contributed by atoms with Crippen LogP contribution in [0, 0.1) is 0 Å². The number of nitrogens with zero attached hydrogens (tertiary/aromatic N) is 4. The number of carbonyl (C=O) groups excluding carboxylic acids is 1. The number of aryl methyl sites for hydroxylation is 1. The second-order valence-corrected chi connectivity index (χ2v) is 9.43. The van der Waals surface area contributed by atoms with Gasteiger partial charge in [-0.2, -0.15) is 0 Å². The van der Waals surface area contributed by atoms with Crippen molar-refractivity contribution in [2.24, 2.45) is 0 Å². The van der Waals surface area contributed by atoms with Gasteiger partial charge in [0.05, 0.1) is 0 Å². The van der Waals surface area contributed by atoms with Crippen molar-refractivity contribution in [2.75, 3.05) is 28.6 Å². The Morgan fingerprint density at radius 1 is 0.882 bits per heavy atom. The molecule has 0 unspecified atom stereocenters. The molecule has 0 spiro atoms. The summed E-state index contributed by atoms with van der Waals surface area (Å²) in [5.74, 6) is 1.92. The number of rotatable bonds is 6. The van der Waals surface area contributed by atoms with Gasteiger partial charge in [-0.05, 0) is 75.4 Å². The third-order valence-corrected chi connectivity index (χ3v) is 6.86. The molecule has 2 aliphatic heterocycles. The van der Waals surface area contributed by atoms with Gasteiger partial charge >= 0.3 is 0 Å². The quantitative estimate of drug-likeness (QED) is 0.537. The number of aromatic nitrogens is 3. The molecule has 0 aliphatic carbocycles. The Morgan fingerprint density at radius 2 is 1.65 bits per heavy atom. The van der Waals surface area contributed by atoms with Crippen LogP contribution in [0.2, 0.25) is 0 Å². The number of nitrogens with one attached hydrogen (secondary N) is 2. The van der Waals surface area contributed by atoms with E-state index in [-0.39, 0.29) is 11.9 Å². The van der Waals surface area contributed by atoms with Crippen molar-refractivity contribution < 1.29 is 4.79 Å². The maximum atomic E-state index is 12.8. The average molecular weight is 459 g/mol. The van der Waals surface area contributed by atoms with E-state index in [9.17, 15) is 4.79 Å². The summed E-state index contributed by atoms with van der Waals surface area (Å²) in [6, 6.07) is 15.9. The number of hydrogen-bond donors (Lipinski definition) is 2. The molecule has 3 aromatic rings. The van der Waals surface area contributed by atoms with Gasteiger partial charge in [0.1, 0.15) is 11.9 Å². The van der Waals surface area contributed by atoms with E-state index in [2.05, 4.69) is 54.6 Å². The van der Waals surface area contributed by atoms with Crippen molar-refractivity contribution >= 4 is 23.0 Å². The van der Waals surface area contributed by atoms with Gasteiger partial charge in [0.25, 0.3) is 0 Å². The van der Waals surface area contributed by atoms with Gasteiger partial charge in [0.15, 0.2) is 5.82 Å². The number of carbonyl (C=O) groups is 1. The fourth-order valence-corrected chi connectivity index (χ4v) is 4.92. The Morgan fingerprint density at radius 3 is 2.47 bits per heavy atom. The molecule has 0 bridgehead atoms. The summed E-state index contributed by atoms with van der Waals surface area (Å²) < 4.78 is 2.25. The molecule has 1 saturated heterocycles. The molecule has 1 amide bonds. The number of piperidine rings is 1. The van der Waals surface area contributed by atoms with E-state index >= 15 is 0 Å². The molecular weight excluding hydrogens is 424 g/mol. The number of amides is 1. The first-order chi connectivity index (χ1) is 16.7. The molecule has 2 aromatic carbocycles.